The summed E-state index contributed by atoms with van der Waals surface area (Å²) in [7, 11) is -3.78. The largest absolute Gasteiger partial charge is 0.385 e. The molecule has 2 aromatic rings. The first-order chi connectivity index (χ1) is 8.90. The summed E-state index contributed by atoms with van der Waals surface area (Å²) in [5.74, 6) is 0. The minimum atomic E-state index is -3.78. The second-order valence-electron chi connectivity index (χ2n) is 3.48. The van der Waals surface area contributed by atoms with Gasteiger partial charge in [-0.05, 0) is 11.4 Å². The second-order valence-corrected chi connectivity index (χ2v) is 7.59. The summed E-state index contributed by atoms with van der Waals surface area (Å²) in [6.45, 7) is 0.144. The van der Waals surface area contributed by atoms with Crippen LogP contribution < -0.4 is 10.5 Å². The molecular weight excluding hydrogens is 310 g/mol. The normalized spacial score (nSPS) is 11.6. The van der Waals surface area contributed by atoms with Crippen molar-refractivity contribution in [2.45, 2.75) is 10.8 Å². The zero-order chi connectivity index (χ0) is 14.0. The van der Waals surface area contributed by atoms with Gasteiger partial charge in [-0.15, -0.1) is 11.3 Å². The van der Waals surface area contributed by atoms with E-state index in [1.807, 2.05) is 11.4 Å². The van der Waals surface area contributed by atoms with E-state index in [0.29, 0.717) is 11.3 Å². The van der Waals surface area contributed by atoms with E-state index in [-0.39, 0.29) is 21.4 Å². The summed E-state index contributed by atoms with van der Waals surface area (Å²) >= 11 is 2.09. The molecular formula is C9H9N3O4S3. The molecule has 0 radical (unpaired) electrons. The summed E-state index contributed by atoms with van der Waals surface area (Å²) in [4.78, 5) is 10.8. The minimum Gasteiger partial charge on any atom is -0.385 e. The summed E-state index contributed by atoms with van der Waals surface area (Å²) < 4.78 is 26.1. The molecule has 0 saturated heterocycles. The summed E-state index contributed by atoms with van der Waals surface area (Å²) in [6, 6.07) is 4.57. The monoisotopic (exact) mass is 319 g/mol. The maximum atomic E-state index is 11.9. The molecule has 2 rings (SSSR count). The van der Waals surface area contributed by atoms with Crippen LogP contribution in [-0.2, 0) is 16.6 Å². The summed E-state index contributed by atoms with van der Waals surface area (Å²) in [6.07, 6.45) is 0. The van der Waals surface area contributed by atoms with Crippen LogP contribution in [0.4, 0.5) is 10.7 Å². The highest BCUT2D eigenvalue weighted by atomic mass is 32.2. The first-order valence-electron chi connectivity index (χ1n) is 4.96. The van der Waals surface area contributed by atoms with Crippen LogP contribution >= 0.6 is 22.7 Å². The van der Waals surface area contributed by atoms with E-state index >= 15 is 0 Å². The van der Waals surface area contributed by atoms with E-state index in [4.69, 9.17) is 5.73 Å². The first kappa shape index (κ1) is 13.9. The van der Waals surface area contributed by atoms with E-state index in [2.05, 4.69) is 4.72 Å². The van der Waals surface area contributed by atoms with Gasteiger partial charge in [-0.3, -0.25) is 10.1 Å². The maximum absolute atomic E-state index is 11.9. The zero-order valence-electron chi connectivity index (χ0n) is 9.40. The number of nitrogen functional groups attached to an aromatic ring is 1. The standard InChI is InChI=1S/C9H9N3O4S3/c10-9-7(12(13)14)4-8(18-9)19(15,16)11-5-6-2-1-3-17-6/h1-4,11H,5,10H2. The highest BCUT2D eigenvalue weighted by molar-refractivity contribution is 7.91. The third-order valence-corrected chi connectivity index (χ3v) is 5.90. The van der Waals surface area contributed by atoms with E-state index in [1.165, 1.54) is 11.3 Å². The van der Waals surface area contributed by atoms with Crippen LogP contribution in [-0.4, -0.2) is 13.3 Å². The molecule has 0 atom stereocenters. The average Bonchev–Trinajstić information content (AvgIpc) is 2.95. The van der Waals surface area contributed by atoms with Crippen molar-refractivity contribution < 1.29 is 13.3 Å². The Bertz CT molecular complexity index is 690. The molecule has 0 aromatic carbocycles. The lowest BCUT2D eigenvalue weighted by atomic mass is 10.5. The van der Waals surface area contributed by atoms with Gasteiger partial charge in [0.1, 0.15) is 4.21 Å². The average molecular weight is 319 g/mol. The van der Waals surface area contributed by atoms with Crippen LogP contribution in [0.2, 0.25) is 0 Å². The number of anilines is 1. The Kier molecular flexibility index (Phi) is 3.85. The maximum Gasteiger partial charge on any atom is 0.304 e. The molecule has 0 fully saturated rings. The number of sulfonamides is 1. The van der Waals surface area contributed by atoms with Crippen molar-refractivity contribution in [2.24, 2.45) is 0 Å². The van der Waals surface area contributed by atoms with E-state index in [0.717, 1.165) is 10.9 Å². The zero-order valence-corrected chi connectivity index (χ0v) is 11.8. The molecule has 0 amide bonds. The van der Waals surface area contributed by atoms with Crippen molar-refractivity contribution in [3.05, 3.63) is 38.6 Å². The van der Waals surface area contributed by atoms with Gasteiger partial charge in [-0.1, -0.05) is 17.4 Å². The van der Waals surface area contributed by atoms with Crippen molar-refractivity contribution in [1.29, 1.82) is 0 Å². The van der Waals surface area contributed by atoms with Crippen molar-refractivity contribution >= 4 is 43.4 Å². The number of nitrogens with two attached hydrogens (primary N) is 1. The Morgan fingerprint density at radius 2 is 2.21 bits per heavy atom. The molecule has 0 aliphatic heterocycles. The third-order valence-electron chi connectivity index (χ3n) is 2.20. The Hall–Kier alpha value is -1.49. The lowest BCUT2D eigenvalue weighted by Gasteiger charge is -2.01. The molecule has 0 saturated carbocycles. The number of thiophene rings is 2. The number of hydrogen-bond donors (Lipinski definition) is 2. The number of hydrogen-bond acceptors (Lipinski definition) is 7. The number of rotatable bonds is 5. The third kappa shape index (κ3) is 3.10. The highest BCUT2D eigenvalue weighted by Gasteiger charge is 2.24. The Morgan fingerprint density at radius 1 is 1.47 bits per heavy atom. The summed E-state index contributed by atoms with van der Waals surface area (Å²) in [5, 5.41) is 12.3. The number of nitrogens with one attached hydrogen (secondary N) is 1. The molecule has 19 heavy (non-hydrogen) atoms. The van der Waals surface area contributed by atoms with Gasteiger partial charge in [-0.25, -0.2) is 13.1 Å². The smallest absolute Gasteiger partial charge is 0.304 e. The van der Waals surface area contributed by atoms with Crippen LogP contribution in [0.25, 0.3) is 0 Å². The molecule has 0 bridgehead atoms. The molecule has 0 unspecified atom stereocenters. The van der Waals surface area contributed by atoms with Gasteiger partial charge in [0, 0.05) is 17.5 Å². The fourth-order valence-electron chi connectivity index (χ4n) is 1.30. The Balaban J connectivity index is 2.20. The SMILES string of the molecule is Nc1sc(S(=O)(=O)NCc2cccs2)cc1[N+](=O)[O-]. The van der Waals surface area contributed by atoms with Gasteiger partial charge in [0.15, 0.2) is 5.00 Å². The van der Waals surface area contributed by atoms with E-state index in [1.54, 1.807) is 6.07 Å². The van der Waals surface area contributed by atoms with Gasteiger partial charge < -0.3 is 5.73 Å². The predicted molar refractivity (Wildman–Crippen MR) is 73.7 cm³/mol. The molecule has 2 aromatic heterocycles. The van der Waals surface area contributed by atoms with Crippen molar-refractivity contribution in [3.8, 4) is 0 Å². The molecule has 2 heterocycles. The number of nitrogens with zero attached hydrogens (tertiary/aromatic N) is 1. The highest BCUT2D eigenvalue weighted by Crippen LogP contribution is 2.34. The summed E-state index contributed by atoms with van der Waals surface area (Å²) in [5.41, 5.74) is 5.03. The fraction of sp³-hybridized carbons (Fsp3) is 0.111. The van der Waals surface area contributed by atoms with Crippen molar-refractivity contribution in [2.75, 3.05) is 5.73 Å². The van der Waals surface area contributed by atoms with Gasteiger partial charge in [0.25, 0.3) is 10.0 Å². The van der Waals surface area contributed by atoms with Crippen molar-refractivity contribution in [1.82, 2.24) is 4.72 Å². The Labute approximate surface area is 116 Å². The molecule has 0 aliphatic rings. The molecule has 102 valence electrons. The Morgan fingerprint density at radius 3 is 2.74 bits per heavy atom. The number of nitro groups is 1. The minimum absolute atomic E-state index is 0.124. The van der Waals surface area contributed by atoms with Crippen LogP contribution in [0, 0.1) is 10.1 Å². The fourth-order valence-corrected chi connectivity index (χ4v) is 4.30. The van der Waals surface area contributed by atoms with Gasteiger partial charge in [-0.2, -0.15) is 0 Å². The van der Waals surface area contributed by atoms with Gasteiger partial charge in [0.05, 0.1) is 4.92 Å². The van der Waals surface area contributed by atoms with Crippen LogP contribution in [0.3, 0.4) is 0 Å². The lowest BCUT2D eigenvalue weighted by Crippen LogP contribution is -2.21. The van der Waals surface area contributed by atoms with Gasteiger partial charge >= 0.3 is 5.69 Å². The quantitative estimate of drug-likeness (QED) is 0.644. The van der Waals surface area contributed by atoms with E-state index in [9.17, 15) is 18.5 Å². The first-order valence-corrected chi connectivity index (χ1v) is 8.14. The van der Waals surface area contributed by atoms with E-state index < -0.39 is 14.9 Å². The topological polar surface area (TPSA) is 115 Å². The second kappa shape index (κ2) is 5.25. The molecule has 3 N–H and O–H groups in total. The predicted octanol–water partition coefficient (Wildman–Crippen LogP) is 1.78. The van der Waals surface area contributed by atoms with Crippen molar-refractivity contribution in [3.63, 3.8) is 0 Å². The van der Waals surface area contributed by atoms with Crippen LogP contribution in [0.1, 0.15) is 4.88 Å². The van der Waals surface area contributed by atoms with Crippen LogP contribution in [0.5, 0.6) is 0 Å². The lowest BCUT2D eigenvalue weighted by molar-refractivity contribution is -0.383. The van der Waals surface area contributed by atoms with Crippen LogP contribution in [0.15, 0.2) is 27.8 Å². The molecule has 0 aliphatic carbocycles. The molecule has 0 spiro atoms. The van der Waals surface area contributed by atoms with Gasteiger partial charge in [0.2, 0.25) is 0 Å². The molecule has 10 heteroatoms. The molecule has 7 nitrogen and oxygen atoms in total.